The van der Waals surface area contributed by atoms with Gasteiger partial charge in [-0.3, -0.25) is 4.57 Å². The molecule has 1 aliphatic heterocycles. The first-order valence-electron chi connectivity index (χ1n) is 8.37. The molecular weight excluding hydrogens is 445 g/mol. The largest absolute Gasteiger partial charge is 0.856 e. The fourth-order valence-corrected chi connectivity index (χ4v) is 3.81. The van der Waals surface area contributed by atoms with Gasteiger partial charge in [-0.15, -0.1) is 4.76 Å². The Morgan fingerprint density at radius 2 is 2.10 bits per heavy atom. The molecule has 0 saturated carbocycles. The van der Waals surface area contributed by atoms with Crippen LogP contribution >= 0.6 is 7.07 Å². The van der Waals surface area contributed by atoms with E-state index in [1.54, 1.807) is 18.2 Å². The van der Waals surface area contributed by atoms with E-state index >= 15 is 0 Å². The summed E-state index contributed by atoms with van der Waals surface area (Å²) in [6.07, 6.45) is -5.32. The third-order valence-corrected chi connectivity index (χ3v) is 5.61. The number of hydrogen-bond acceptors (Lipinski definition) is 10. The molecule has 0 spiro atoms. The zero-order chi connectivity index (χ0) is 22.1. The predicted molar refractivity (Wildman–Crippen MR) is 103 cm³/mol. The van der Waals surface area contributed by atoms with Crippen molar-refractivity contribution in [2.75, 3.05) is 12.3 Å². The van der Waals surface area contributed by atoms with Gasteiger partial charge in [0.15, 0.2) is 6.10 Å². The quantitative estimate of drug-likeness (QED) is 0.229. The predicted octanol–water partition coefficient (Wildman–Crippen LogP) is -0.240. The van der Waals surface area contributed by atoms with Crippen LogP contribution in [0, 0.1) is 0 Å². The number of benzene rings is 1. The monoisotopic (exact) mass is 461 g/mol. The number of rotatable bonds is 6. The Morgan fingerprint density at radius 1 is 1.43 bits per heavy atom. The van der Waals surface area contributed by atoms with Crippen molar-refractivity contribution in [1.29, 1.82) is 0 Å². The van der Waals surface area contributed by atoms with Crippen LogP contribution in [0.4, 0.5) is 14.6 Å². The third kappa shape index (κ3) is 4.77. The Labute approximate surface area is 174 Å². The molecule has 0 bridgehead atoms. The van der Waals surface area contributed by atoms with Crippen molar-refractivity contribution < 1.29 is 33.1 Å². The molecule has 3 rings (SSSR count). The summed E-state index contributed by atoms with van der Waals surface area (Å²) in [4.78, 5) is 25.3. The zero-order valence-electron chi connectivity index (χ0n) is 15.0. The average Bonchev–Trinajstić information content (AvgIpc) is 2.90. The lowest BCUT2D eigenvalue weighted by Gasteiger charge is -2.23. The highest BCUT2D eigenvalue weighted by Gasteiger charge is 2.60. The molecule has 30 heavy (non-hydrogen) atoms. The maximum absolute atomic E-state index is 14.5. The minimum Gasteiger partial charge on any atom is -0.856 e. The van der Waals surface area contributed by atoms with Gasteiger partial charge in [0.25, 0.3) is 7.07 Å². The van der Waals surface area contributed by atoms with Gasteiger partial charge in [-0.2, -0.15) is 13.8 Å². The summed E-state index contributed by atoms with van der Waals surface area (Å²) in [7, 11) is -4.07. The molecule has 4 N–H and O–H groups in total. The van der Waals surface area contributed by atoms with E-state index in [9.17, 15) is 28.7 Å². The van der Waals surface area contributed by atoms with E-state index in [0.29, 0.717) is 4.57 Å². The smallest absolute Gasteiger partial charge is 0.351 e. The van der Waals surface area contributed by atoms with Crippen molar-refractivity contribution in [2.45, 2.75) is 24.4 Å². The van der Waals surface area contributed by atoms with Gasteiger partial charge in [-0.05, 0) is 11.6 Å². The maximum Gasteiger partial charge on any atom is 0.351 e. The molecule has 14 heteroatoms. The minimum absolute atomic E-state index is 0.142. The molecule has 1 aromatic carbocycles. The van der Waals surface area contributed by atoms with E-state index in [1.165, 1.54) is 12.1 Å². The average molecular weight is 461 g/mol. The maximum atomic E-state index is 14.5. The normalized spacial score (nSPS) is 25.8. The number of aliphatic hydroxyl groups is 1. The van der Waals surface area contributed by atoms with Crippen LogP contribution in [0.1, 0.15) is 11.8 Å². The highest BCUT2D eigenvalue weighted by molar-refractivity contribution is 8.37. The number of halogens is 2. The molecule has 10 nitrogen and oxygen atoms in total. The number of hydrogen-bond donors (Lipinski definition) is 3. The van der Waals surface area contributed by atoms with Crippen LogP contribution in [0.5, 0.6) is 0 Å². The van der Waals surface area contributed by atoms with Crippen LogP contribution in [0.3, 0.4) is 0 Å². The zero-order valence-corrected chi connectivity index (χ0v) is 16.7. The van der Waals surface area contributed by atoms with Crippen molar-refractivity contribution >= 4 is 31.0 Å². The van der Waals surface area contributed by atoms with E-state index < -0.39 is 49.6 Å². The molecule has 2 heterocycles. The Morgan fingerprint density at radius 3 is 2.73 bits per heavy atom. The second-order valence-corrected chi connectivity index (χ2v) is 9.11. The van der Waals surface area contributed by atoms with Gasteiger partial charge in [0, 0.05) is 12.1 Å². The molecule has 1 unspecified atom stereocenters. The highest BCUT2D eigenvalue weighted by Crippen LogP contribution is 2.56. The second-order valence-electron chi connectivity index (χ2n) is 6.25. The number of ether oxygens (including phenoxy) is 1. The number of alkyl halides is 2. The molecule has 1 saturated heterocycles. The highest BCUT2D eigenvalue weighted by atomic mass is 32.7. The van der Waals surface area contributed by atoms with Crippen molar-refractivity contribution in [3.05, 3.63) is 58.6 Å². The minimum atomic E-state index is -4.07. The second kappa shape index (κ2) is 8.53. The fourth-order valence-electron chi connectivity index (χ4n) is 2.66. The van der Waals surface area contributed by atoms with Gasteiger partial charge in [0.1, 0.15) is 18.5 Å². The van der Waals surface area contributed by atoms with Crippen LogP contribution < -0.4 is 16.5 Å². The molecule has 1 aromatic heterocycles. The summed E-state index contributed by atoms with van der Waals surface area (Å²) in [5.41, 5.74) is 4.36. The lowest BCUT2D eigenvalue weighted by atomic mass is 10.1. The van der Waals surface area contributed by atoms with E-state index in [-0.39, 0.29) is 11.4 Å². The van der Waals surface area contributed by atoms with Gasteiger partial charge < -0.3 is 32.9 Å². The molecule has 0 radical (unpaired) electrons. The first-order chi connectivity index (χ1) is 14.0. The molecule has 162 valence electrons. The van der Waals surface area contributed by atoms with Gasteiger partial charge >= 0.3 is 11.6 Å². The van der Waals surface area contributed by atoms with Crippen LogP contribution in [0.2, 0.25) is 0 Å². The summed E-state index contributed by atoms with van der Waals surface area (Å²) in [5, 5.41) is 22.0. The summed E-state index contributed by atoms with van der Waals surface area (Å²) >= 11 is 4.76. The van der Waals surface area contributed by atoms with Crippen LogP contribution in [0.15, 0.2) is 52.2 Å². The molecule has 2 aromatic rings. The summed E-state index contributed by atoms with van der Waals surface area (Å²) in [6.45, 7) is -0.802. The van der Waals surface area contributed by atoms with Gasteiger partial charge in [0.05, 0.1) is 0 Å². The van der Waals surface area contributed by atoms with Crippen LogP contribution in [0.25, 0.3) is 0 Å². The van der Waals surface area contributed by atoms with E-state index in [4.69, 9.17) is 27.2 Å². The number of anilines is 1. The molecular formula is C16H16F2N4O6PS-. The lowest BCUT2D eigenvalue weighted by Crippen LogP contribution is -2.42. The van der Waals surface area contributed by atoms with E-state index in [0.717, 1.165) is 12.3 Å². The first-order valence-corrected chi connectivity index (χ1v) is 11.0. The summed E-state index contributed by atoms with van der Waals surface area (Å²) in [5.74, 6) is -4.93. The Hall–Kier alpha value is -2.15. The standard InChI is InChI=1S/C16H17F2N4O6PS/c17-16(18)12(23)10(28-14(16)22-7-6-11(19)20-15(22)25)8-27-29(26,30)21-13(24)9-4-2-1-3-5-9/h1-7,10,12,14,23H,8H2,(H2,19,20,25)(H2,21,24,26,30)/p-1/t10-,12-,14-,29?/m1/s1. The summed E-state index contributed by atoms with van der Waals surface area (Å²) < 4.78 is 42.8. The van der Waals surface area contributed by atoms with Crippen molar-refractivity contribution in [1.82, 2.24) is 9.55 Å². The van der Waals surface area contributed by atoms with Crippen LogP contribution in [-0.4, -0.2) is 50.2 Å². The molecule has 0 aliphatic carbocycles. The van der Waals surface area contributed by atoms with Crippen molar-refractivity contribution in [3.63, 3.8) is 0 Å². The Kier molecular flexibility index (Phi) is 6.41. The number of nitrogens with zero attached hydrogens (tertiary/aromatic N) is 3. The SMILES string of the molecule is Nc1ccn([C@@H]2O[C@H](CO[P+](O)([S-])N=C([O-])c3ccccc3)[C@@H](O)C2(F)F)c(=O)n1. The third-order valence-electron chi connectivity index (χ3n) is 4.13. The molecule has 1 fully saturated rings. The van der Waals surface area contributed by atoms with E-state index in [1.807, 2.05) is 0 Å². The summed E-state index contributed by atoms with van der Waals surface area (Å²) in [6, 6.07) is 8.80. The van der Waals surface area contributed by atoms with Crippen molar-refractivity contribution in [3.8, 4) is 0 Å². The molecule has 1 aliphatic rings. The van der Waals surface area contributed by atoms with Crippen molar-refractivity contribution in [2.24, 2.45) is 4.76 Å². The van der Waals surface area contributed by atoms with Gasteiger partial charge in [0.2, 0.25) is 6.23 Å². The van der Waals surface area contributed by atoms with E-state index in [2.05, 4.69) is 9.75 Å². The van der Waals surface area contributed by atoms with Gasteiger partial charge in [-0.1, -0.05) is 30.3 Å². The van der Waals surface area contributed by atoms with Crippen LogP contribution in [-0.2, 0) is 21.5 Å². The number of nitrogens with two attached hydrogens (primary N) is 1. The van der Waals surface area contributed by atoms with Gasteiger partial charge in [-0.25, -0.2) is 14.2 Å². The fraction of sp³-hybridized carbons (Fsp3) is 0.312. The number of nitrogen functional groups attached to an aromatic ring is 1. The number of aliphatic hydroxyl groups excluding tert-OH is 1. The lowest BCUT2D eigenvalue weighted by molar-refractivity contribution is -0.212. The molecule has 4 atom stereocenters. The molecule has 0 amide bonds. The first kappa shape index (κ1) is 22.5. The Bertz CT molecular complexity index is 993. The number of aromatic nitrogens is 2. The Balaban J connectivity index is 1.73. The topological polar surface area (TPSA) is 155 Å².